The molecule has 1 unspecified atom stereocenters. The Balaban J connectivity index is -0.00000000131. The van der Waals surface area contributed by atoms with Gasteiger partial charge in [-0.05, 0) is 71.8 Å². The van der Waals surface area contributed by atoms with E-state index >= 15 is 4.39 Å². The number of carbonyl (C=O) groups is 1. The van der Waals surface area contributed by atoms with Crippen molar-refractivity contribution in [2.75, 3.05) is 18.1 Å². The molecule has 2 N–H and O–H groups in total. The second kappa shape index (κ2) is 7.95. The zero-order chi connectivity index (χ0) is 25.4. The molecular weight excluding hydrogens is 449 g/mol. The second-order valence-electron chi connectivity index (χ2n) is 11.5. The van der Waals surface area contributed by atoms with E-state index in [0.29, 0.717) is 41.9 Å². The Kier molecular flexibility index (Phi) is 5.47. The fourth-order valence-corrected chi connectivity index (χ4v) is 6.38. The number of anilines is 1. The fourth-order valence-electron chi connectivity index (χ4n) is 6.38. The number of nitrogens with zero attached hydrogens (tertiary/aromatic N) is 2. The van der Waals surface area contributed by atoms with Gasteiger partial charge in [0.05, 0.1) is 17.5 Å². The number of nitrogens with one attached hydrogen (secondary N) is 1. The summed E-state index contributed by atoms with van der Waals surface area (Å²) < 4.78 is 23.9. The lowest BCUT2D eigenvalue weighted by Crippen LogP contribution is -2.67. The van der Waals surface area contributed by atoms with Crippen molar-refractivity contribution in [2.24, 2.45) is 11.8 Å². The number of carboxylic acids is 1. The molecule has 1 aromatic carbocycles. The summed E-state index contributed by atoms with van der Waals surface area (Å²) in [6, 6.07) is 1.27. The van der Waals surface area contributed by atoms with Gasteiger partial charge in [0.25, 0.3) is 0 Å². The standard InChI is InChI=1S/C27H36FN3O4.111H2/c1-7-35-24-21-18(23(32)19(25(33)34)13-31(21)17-8-9-17)11-20(28)22(24)30-12-16-10-14(2)26(4,5)29-27(16,6)15(30)3;;;;;;;;;;;;;;;;;;;;;;;;;;;;;;;;;;;;;;;;;;;;;;;;;;;;;;;;;;;;;;;;;;;;;;;;;;;;;;;;;;;;;;;;;;;;;;;;;;;;;;;;;;;;;;;/h11,13-17,29H,7-10,12H2,1-6H3,(H,33,34);111*1H/t14?,15-,16+,27-;;;;;;;;;;;;;;;;;;;;;;;;;;;;;;;;;;;;;;;;;;;;;;;;;;;;;;;;;;;;;;;;;;;;;;;;;;;;;;;;;;;;;;;;;;;;;;;;;;;;;;;;;;;;;;;/m1.............................................................................................................../s1. The van der Waals surface area contributed by atoms with Crippen LogP contribution in [0.15, 0.2) is 17.1 Å². The number of fused-ring (bicyclic) bond motifs is 2. The Bertz CT molecular complexity index is 1380. The van der Waals surface area contributed by atoms with Gasteiger partial charge in [-0.3, -0.25) is 4.79 Å². The SMILES string of the molecule is CCOc1c(N2C[C@@H]3CC(C)C(C)(C)N[C@]3(C)[C@H]2C)c(F)cc2c(=O)c(C(=O)O)cn(C3CC3)c12.[HH].[HH].[HH].[HH].[HH].[HH].[HH].[HH].[HH].[HH].[HH].[HH].[HH].[HH].[HH].[HH].[HH].[HH].[HH].[HH].[HH].[HH].[HH].[HH].[HH].[HH].[HH].[HH].[HH].[HH].[HH].[HH].[HH].[HH].[HH].[HH].[HH].[HH].[HH].[HH].[HH].[HH].[HH].[HH].[HH].[HH].[HH].[HH].[HH].[HH].[HH].[HH].[HH].[HH].[HH].[HH].[HH].[HH].[HH].[HH].[HH].[HH].[HH].[HH].[HH].[HH].[HH].[HH].[HH].[HH].[HH].[HH].[HH].[HH].[HH].[HH].[HH].[HH].[HH].[HH].[HH].[HH].[HH].[HH].[HH].[HH].[HH].[HH].[HH].[HH].[HH].[HH].[HH].[HH].[HH].[HH].[HH].[HH].[HH].[HH].[HH].[HH].[HH].[HH].[HH].[HH].[HH].[HH].[HH].[HH].[HH]. The number of halogens is 1. The van der Waals surface area contributed by atoms with Gasteiger partial charge in [0.1, 0.15) is 11.3 Å². The van der Waals surface area contributed by atoms with Crippen LogP contribution in [0, 0.1) is 17.7 Å². The van der Waals surface area contributed by atoms with Crippen LogP contribution in [-0.2, 0) is 0 Å². The van der Waals surface area contributed by atoms with Crippen molar-refractivity contribution in [1.29, 1.82) is 0 Å². The normalized spacial score (nSPS) is 29.9. The highest BCUT2D eigenvalue weighted by molar-refractivity contribution is 5.97. The lowest BCUT2D eigenvalue weighted by molar-refractivity contribution is 0.0693. The van der Waals surface area contributed by atoms with Crippen molar-refractivity contribution < 1.29 is 177 Å². The highest BCUT2D eigenvalue weighted by Gasteiger charge is 2.56. The fraction of sp³-hybridized carbons (Fsp3) is 0.630. The van der Waals surface area contributed by atoms with Gasteiger partial charge >= 0.3 is 5.97 Å². The van der Waals surface area contributed by atoms with E-state index in [1.165, 1.54) is 12.3 Å². The first-order valence-electron chi connectivity index (χ1n) is 12.7. The Morgan fingerprint density at radius 1 is 1.31 bits per heavy atom. The van der Waals surface area contributed by atoms with E-state index in [0.717, 1.165) is 19.3 Å². The number of hydrogen-bond donors (Lipinski definition) is 2. The highest BCUT2D eigenvalue weighted by atomic mass is 19.1. The minimum atomic E-state index is -1.30. The molecule has 3 fully saturated rings. The van der Waals surface area contributed by atoms with E-state index in [4.69, 9.17) is 4.74 Å². The molecule has 0 spiro atoms. The summed E-state index contributed by atoms with van der Waals surface area (Å²) in [5, 5.41) is 13.6. The van der Waals surface area contributed by atoms with E-state index in [1.807, 2.05) is 11.5 Å². The molecule has 1 saturated carbocycles. The summed E-state index contributed by atoms with van der Waals surface area (Å²) in [5.74, 6) is -0.726. The summed E-state index contributed by atoms with van der Waals surface area (Å²) in [6.45, 7) is 13.9. The number of rotatable bonds is 5. The first-order valence-corrected chi connectivity index (χ1v) is 12.7. The summed E-state index contributed by atoms with van der Waals surface area (Å²) >= 11 is 0. The molecule has 2 aromatic rings. The molecule has 1 aromatic heterocycles. The van der Waals surface area contributed by atoms with Crippen molar-refractivity contribution in [3.05, 3.63) is 33.9 Å². The van der Waals surface area contributed by atoms with Crippen LogP contribution in [-0.4, -0.2) is 45.9 Å². The van der Waals surface area contributed by atoms with Crippen molar-refractivity contribution >= 4 is 22.6 Å². The van der Waals surface area contributed by atoms with Crippen LogP contribution in [0.1, 0.15) is 236 Å². The topological polar surface area (TPSA) is 83.8 Å². The maximum atomic E-state index is 16.0. The lowest BCUT2D eigenvalue weighted by Gasteiger charge is -2.51. The van der Waals surface area contributed by atoms with Crippen LogP contribution in [0.4, 0.5) is 10.1 Å². The molecule has 412 valence electrons. The molecule has 0 radical (unpaired) electrons. The molecule has 2 saturated heterocycles. The third-order valence-corrected chi connectivity index (χ3v) is 9.01. The summed E-state index contributed by atoms with van der Waals surface area (Å²) in [4.78, 5) is 27.0. The van der Waals surface area contributed by atoms with Crippen molar-refractivity contribution in [3.8, 4) is 5.75 Å². The van der Waals surface area contributed by atoms with Crippen molar-refractivity contribution in [1.82, 2.24) is 9.88 Å². The maximum Gasteiger partial charge on any atom is 0.341 e. The number of carboxylic acid groups (broad SMARTS) is 1. The molecule has 3 heterocycles. The molecule has 4 atom stereocenters. The van der Waals surface area contributed by atoms with E-state index in [9.17, 15) is 14.7 Å². The number of pyridine rings is 1. The summed E-state index contributed by atoms with van der Waals surface area (Å²) in [6.07, 6.45) is 4.21. The maximum absolute atomic E-state index is 16.0. The lowest BCUT2D eigenvalue weighted by atomic mass is 9.68. The number of aromatic carboxylic acids is 1. The van der Waals surface area contributed by atoms with Gasteiger partial charge in [0, 0.05) is 194 Å². The van der Waals surface area contributed by atoms with E-state index in [2.05, 4.69) is 44.8 Å². The first kappa shape index (κ1) is 24.1. The zero-order valence-corrected chi connectivity index (χ0v) is 21.4. The molecule has 1 aliphatic carbocycles. The molecule has 5 rings (SSSR count). The number of hydrogen-bond acceptors (Lipinski definition) is 5. The number of aromatic nitrogens is 1. The molecule has 8 heteroatoms. The average Bonchev–Trinajstić information content (AvgIpc) is 3.58. The quantitative estimate of drug-likeness (QED) is 0.322. The van der Waals surface area contributed by atoms with Gasteiger partial charge in [-0.15, -0.1) is 0 Å². The minimum absolute atomic E-state index is 0. The van der Waals surface area contributed by atoms with Crippen LogP contribution in [0.3, 0.4) is 0 Å². The number of piperidine rings is 1. The number of benzene rings is 1. The van der Waals surface area contributed by atoms with E-state index < -0.39 is 17.2 Å². The predicted octanol–water partition coefficient (Wildman–Crippen LogP) is 31.9. The molecule has 2 aliphatic heterocycles. The Hall–Kier alpha value is -2.61. The van der Waals surface area contributed by atoms with Crippen molar-refractivity contribution in [3.63, 3.8) is 0 Å². The van der Waals surface area contributed by atoms with Crippen molar-refractivity contribution in [2.45, 2.75) is 84.0 Å². The van der Waals surface area contributed by atoms with Gasteiger partial charge in [0.2, 0.25) is 5.43 Å². The zero-order valence-electron chi connectivity index (χ0n) is 21.4. The molecule has 0 amide bonds. The summed E-state index contributed by atoms with van der Waals surface area (Å²) in [5.41, 5.74) is -0.415. The van der Waals surface area contributed by atoms with Gasteiger partial charge in [-0.2, -0.15) is 0 Å². The highest BCUT2D eigenvalue weighted by Crippen LogP contribution is 2.50. The van der Waals surface area contributed by atoms with E-state index in [-0.39, 0.29) is 192 Å². The minimum Gasteiger partial charge on any atom is -0.489 e. The first-order chi connectivity index (χ1) is 16.4. The Labute approximate surface area is 370 Å². The molecule has 3 aliphatic rings. The van der Waals surface area contributed by atoms with E-state index in [1.54, 1.807) is 0 Å². The Morgan fingerprint density at radius 3 is 2.60 bits per heavy atom. The molecule has 0 bridgehead atoms. The summed E-state index contributed by atoms with van der Waals surface area (Å²) in [7, 11) is 0. The van der Waals surface area contributed by atoms with Crippen LogP contribution < -0.4 is 20.4 Å². The van der Waals surface area contributed by atoms with Crippen LogP contribution in [0.25, 0.3) is 10.9 Å². The third-order valence-electron chi connectivity index (χ3n) is 9.01. The van der Waals surface area contributed by atoms with Gasteiger partial charge in [-0.25, -0.2) is 9.18 Å². The third kappa shape index (κ3) is 3.55. The average molecular weight is 709 g/mol. The largest absolute Gasteiger partial charge is 0.489 e. The van der Waals surface area contributed by atoms with Gasteiger partial charge in [-0.1, -0.05) is 6.92 Å². The molecule has 7 nitrogen and oxygen atoms in total. The van der Waals surface area contributed by atoms with Gasteiger partial charge < -0.3 is 24.6 Å². The van der Waals surface area contributed by atoms with Crippen LogP contribution >= 0.6 is 0 Å². The second-order valence-corrected chi connectivity index (χ2v) is 11.5. The predicted molar refractivity (Wildman–Crippen MR) is 369 cm³/mol. The van der Waals surface area contributed by atoms with Crippen LogP contribution in [0.2, 0.25) is 0 Å². The van der Waals surface area contributed by atoms with Crippen LogP contribution in [0.5, 0.6) is 5.75 Å². The number of ether oxygens (including phenoxy) is 1. The van der Waals surface area contributed by atoms with Gasteiger partial charge in [0.15, 0.2) is 11.6 Å². The molecular formula is C27H258FN3O4. The Morgan fingerprint density at radius 2 is 2.00 bits per heavy atom. The smallest absolute Gasteiger partial charge is 0.341 e. The molecule has 35 heavy (non-hydrogen) atoms. The monoisotopic (exact) mass is 709 g/mol.